The number of ether oxygens (including phenoxy) is 12. The summed E-state index contributed by atoms with van der Waals surface area (Å²) in [4.78, 5) is 0. The van der Waals surface area contributed by atoms with Crippen LogP contribution in [0.4, 0.5) is 0 Å². The monoisotopic (exact) mass is 3090 g/mol. The maximum Gasteiger partial charge on any atom is 0.0701 e. The topological polar surface area (TPSA) is 111 Å². The van der Waals surface area contributed by atoms with E-state index in [9.17, 15) is 0 Å². The van der Waals surface area contributed by atoms with E-state index in [0.29, 0.717) is 164 Å². The Labute approximate surface area is 1220 Å². The van der Waals surface area contributed by atoms with Crippen LogP contribution in [-0.2, 0) is 678 Å². The van der Waals surface area contributed by atoms with E-state index in [4.69, 9.17) is 56.8 Å². The van der Waals surface area contributed by atoms with E-state index in [1.54, 1.807) is 6.42 Å². The molecule has 6 unspecified atom stereocenters. The van der Waals surface area contributed by atoms with Gasteiger partial charge in [0.1, 0.15) is 0 Å². The zero-order valence-electron chi connectivity index (χ0n) is 77.7. The first-order chi connectivity index (χ1) is 47.4. The van der Waals surface area contributed by atoms with Crippen LogP contribution in [-0.4, -0.2) is 159 Å². The Morgan fingerprint density at radius 3 is 0.720 bits per heavy atom. The van der Waals surface area contributed by atoms with E-state index in [-0.39, 0.29) is 634 Å². The van der Waals surface area contributed by atoms with Gasteiger partial charge in [-0.2, -0.15) is 99.2 Å². The SMILES string of the molecule is CC1[CH-]CCC(CC2CC[CH-]C(C)C2)C1.[CH-]1CCC(CC2CC[CH-]CC2)CC1.[CH2-]C1CCC([CH2-])CC1.[CH2-]CCC(C)C([CH2-])(C)C.[CH2-]CCC([CH2-])C.[CH2-]CCOCCOCCOCC[CH2-].[CH2-]COCCOCCOCCC.[CH2-]COCCOCCOCCOC[CH2-].[CH2-]COCCOC[CH2-].[CH3-].[Y].[Y].[Y].[Y].[Y].[Y].[Y].[Y].[Y].[Y].[Y].[Y].[Y].[Y].[Y].[Y].[Y].[Y].[Y]. The fourth-order valence-electron chi connectivity index (χ4n) is 11.3. The molecule has 5 saturated carbocycles. The molecule has 5 rings (SSSR count). The van der Waals surface area contributed by atoms with Gasteiger partial charge < -0.3 is 180 Å². The molecule has 0 amide bonds. The van der Waals surface area contributed by atoms with Gasteiger partial charge in [-0.1, -0.05) is 171 Å². The molecule has 5 aliphatic carbocycles. The molecule has 0 aromatic carbocycles. The van der Waals surface area contributed by atoms with Gasteiger partial charge in [0.2, 0.25) is 0 Å². The molecule has 118 heavy (non-hydrogen) atoms. The Kier molecular flexibility index (Phi) is 284. The molecule has 0 aromatic rings. The van der Waals surface area contributed by atoms with Crippen molar-refractivity contribution < 1.29 is 678 Å². The van der Waals surface area contributed by atoms with Gasteiger partial charge in [-0.05, 0) is 42.9 Å². The summed E-state index contributed by atoms with van der Waals surface area (Å²) in [6.07, 6.45) is 45.5. The Morgan fingerprint density at radius 1 is 0.314 bits per heavy atom. The normalized spacial score (nSPS) is 17.3. The molecule has 6 atom stereocenters. The predicted octanol–water partition coefficient (Wildman–Crippen LogP) is 21.0. The summed E-state index contributed by atoms with van der Waals surface area (Å²) < 4.78 is 61.1. The fourth-order valence-corrected chi connectivity index (χ4v) is 11.3. The van der Waals surface area contributed by atoms with Crippen LogP contribution in [0.1, 0.15) is 222 Å². The zero-order chi connectivity index (χ0) is 73.6. The first-order valence-corrected chi connectivity index (χ1v) is 39.1. The predicted molar refractivity (Wildman–Crippen MR) is 425 cm³/mol. The third-order valence-corrected chi connectivity index (χ3v) is 17.4. The van der Waals surface area contributed by atoms with E-state index in [2.05, 4.69) is 164 Å². The van der Waals surface area contributed by atoms with Crippen LogP contribution in [0.25, 0.3) is 0 Å². The van der Waals surface area contributed by atoms with Crippen LogP contribution in [0.15, 0.2) is 0 Å². The molecule has 5 fully saturated rings. The van der Waals surface area contributed by atoms with Crippen LogP contribution in [0.2, 0.25) is 0 Å². The average molecular weight is 3090 g/mol. The van der Waals surface area contributed by atoms with E-state index < -0.39 is 0 Å². The summed E-state index contributed by atoms with van der Waals surface area (Å²) in [6.45, 7) is 78.5. The molecule has 0 N–H and O–H groups in total. The Balaban J connectivity index is -0.0000000379. The van der Waals surface area contributed by atoms with Crippen molar-refractivity contribution >= 4 is 0 Å². The molecule has 0 spiro atoms. The molecule has 31 heteroatoms. The van der Waals surface area contributed by atoms with Crippen LogP contribution >= 0.6 is 0 Å². The van der Waals surface area contributed by atoms with Gasteiger partial charge in [0, 0.05) is 641 Å². The van der Waals surface area contributed by atoms with Gasteiger partial charge in [-0.25, -0.2) is 0 Å². The zero-order valence-corrected chi connectivity index (χ0v) is 132. The minimum absolute atomic E-state index is 0. The maximum absolute atomic E-state index is 5.24. The molecule has 0 saturated heterocycles. The van der Waals surface area contributed by atoms with Crippen molar-refractivity contribution in [2.24, 2.45) is 64.6 Å². The van der Waals surface area contributed by atoms with Crippen LogP contribution < -0.4 is 0 Å². The molecular weight excluding hydrogens is 2930 g/mol. The molecule has 12 nitrogen and oxygen atoms in total. The standard InChI is InChI=1S/C15H26.C13H22.C10H20O4.C10H20O3.C9H19O3.C9H18.C8H14.C6H12O2.C6H12.CH3.19Y/c1-12-5-3-7-14(9-12)11-15-8-4-6-13(2)10-15;1-3-7-12(8-4-1)11-13-9-5-2-6-10-13;1-3-11-5-7-13-9-10-14-8-6-12-4-2;1-3-5-11-7-9-13-10-8-12-6-4-2;1-3-5-11-8-9-12-7-6-10-4-2;1-6-7-8(2)9(3,4)5;1-7-3-5-8(2)6-4-7;1-3-7-5-6-8-4-2;1-4-5-6(2)3;;;;;;;;;;;;;;;;;;;;/h5-6,12-15H,3-4,7-11H2,1-2H3;1-2,12-13H,3-11H2;1-10H2;1-10H2;2-9H2,1H3;8H,1,3,6-7H2,2,4-5H3;7-8H,1-6H2;1-6H2;6H,1-2,4-5H2,3H3;1H3;;;;;;;;;;;;;;;;;;;/q4*-2;-1;4*-2;-1;;;;;;;;;;;;;;;;;;;. The van der Waals surface area contributed by atoms with E-state index in [0.717, 1.165) is 92.5 Å². The molecule has 0 bridgehead atoms. The minimum Gasteiger partial charge on any atom is -0.411 e. The van der Waals surface area contributed by atoms with Crippen molar-refractivity contribution in [1.29, 1.82) is 0 Å². The maximum atomic E-state index is 5.24. The van der Waals surface area contributed by atoms with Gasteiger partial charge in [-0.3, -0.25) is 0 Å². The molecule has 19 radical (unpaired) electrons. The second-order valence-electron chi connectivity index (χ2n) is 27.6. The minimum atomic E-state index is 0. The quantitative estimate of drug-likeness (QED) is 0.0428. The Hall–Kier alpha value is 20.5. The second kappa shape index (κ2) is 168. The van der Waals surface area contributed by atoms with E-state index >= 15 is 0 Å². The molecule has 0 aromatic heterocycles. The summed E-state index contributed by atoms with van der Waals surface area (Å²) >= 11 is 0. The third kappa shape index (κ3) is 170. The summed E-state index contributed by atoms with van der Waals surface area (Å²) in [5.74, 6) is 8.74. The van der Waals surface area contributed by atoms with E-state index in [1.165, 1.54) is 128 Å². The van der Waals surface area contributed by atoms with Crippen LogP contribution in [0.3, 0.4) is 0 Å². The number of hydrogen-bond donors (Lipinski definition) is 0. The molecular formula is C87H166O12Y19-18. The number of hydrogen-bond acceptors (Lipinski definition) is 12. The van der Waals surface area contributed by atoms with Crippen molar-refractivity contribution in [3.63, 3.8) is 0 Å². The summed E-state index contributed by atoms with van der Waals surface area (Å²) in [5, 5.41) is 0. The van der Waals surface area contributed by atoms with Crippen LogP contribution in [0.5, 0.6) is 0 Å². The fraction of sp³-hybridized carbons (Fsp3) is 0.793. The Bertz CT molecular complexity index is 1390. The Morgan fingerprint density at radius 2 is 0.534 bits per heavy atom. The first kappa shape index (κ1) is 200. The number of rotatable bonds is 44. The average Bonchev–Trinajstić information content (AvgIpc) is 0.769. The largest absolute Gasteiger partial charge is 0.411 e. The van der Waals surface area contributed by atoms with Crippen LogP contribution in [0, 0.1) is 188 Å². The second-order valence-corrected chi connectivity index (χ2v) is 27.6. The molecule has 661 valence electrons. The van der Waals surface area contributed by atoms with Gasteiger partial charge in [0.05, 0.1) is 106 Å². The third-order valence-electron chi connectivity index (χ3n) is 17.4. The van der Waals surface area contributed by atoms with Crippen molar-refractivity contribution in [3.8, 4) is 0 Å². The van der Waals surface area contributed by atoms with Gasteiger partial charge in [-0.15, -0.1) is 6.42 Å². The molecule has 0 aliphatic heterocycles. The van der Waals surface area contributed by atoms with Gasteiger partial charge in [0.15, 0.2) is 0 Å². The van der Waals surface area contributed by atoms with Crippen molar-refractivity contribution in [1.82, 2.24) is 0 Å². The van der Waals surface area contributed by atoms with E-state index in [1.807, 2.05) is 0 Å². The van der Waals surface area contributed by atoms with Crippen molar-refractivity contribution in [3.05, 3.63) is 123 Å². The molecule has 5 aliphatic rings. The summed E-state index contributed by atoms with van der Waals surface area (Å²) in [7, 11) is 0. The summed E-state index contributed by atoms with van der Waals surface area (Å²) in [5.41, 5.74) is 0.220. The smallest absolute Gasteiger partial charge is 0.0701 e. The van der Waals surface area contributed by atoms with Gasteiger partial charge in [0.25, 0.3) is 0 Å². The first-order valence-electron chi connectivity index (χ1n) is 39.1. The molecule has 0 heterocycles. The van der Waals surface area contributed by atoms with Crippen molar-refractivity contribution in [2.45, 2.75) is 222 Å². The summed E-state index contributed by atoms with van der Waals surface area (Å²) in [6, 6.07) is 0. The van der Waals surface area contributed by atoms with Gasteiger partial charge >= 0.3 is 0 Å². The van der Waals surface area contributed by atoms with Crippen molar-refractivity contribution in [2.75, 3.05) is 159 Å².